The van der Waals surface area contributed by atoms with Crippen molar-refractivity contribution < 1.29 is 31.4 Å². The lowest BCUT2D eigenvalue weighted by atomic mass is 10.1. The van der Waals surface area contributed by atoms with E-state index in [1.165, 1.54) is 18.7 Å². The number of quaternary nitrogens is 1. The third-order valence-corrected chi connectivity index (χ3v) is 3.99. The summed E-state index contributed by atoms with van der Waals surface area (Å²) < 4.78 is 1.07. The number of hydrogen-bond donors (Lipinski definition) is 1. The molecule has 0 radical (unpaired) electrons. The molecule has 1 aromatic rings. The summed E-state index contributed by atoms with van der Waals surface area (Å²) in [4.78, 5) is 13.0. The maximum atomic E-state index is 10.6. The molecule has 1 heterocycles. The van der Waals surface area contributed by atoms with Crippen LogP contribution in [0.5, 0.6) is 0 Å². The van der Waals surface area contributed by atoms with Crippen molar-refractivity contribution in [3.05, 3.63) is 35.4 Å². The van der Waals surface area contributed by atoms with E-state index in [1.54, 1.807) is 0 Å². The SMILES string of the molecule is CN1CC[N+](C)(Cc2ccc(CC(=O)O)cc2)CC1.[Br-]. The normalized spacial score (nSPS) is 18.3. The Hall–Kier alpha value is -0.910. The van der Waals surface area contributed by atoms with E-state index in [9.17, 15) is 4.79 Å². The molecule has 1 N–H and O–H groups in total. The summed E-state index contributed by atoms with van der Waals surface area (Å²) in [7, 11) is 4.47. The topological polar surface area (TPSA) is 40.5 Å². The number of piperazine rings is 1. The first-order chi connectivity index (χ1) is 8.97. The van der Waals surface area contributed by atoms with E-state index in [2.05, 4.69) is 31.1 Å². The van der Waals surface area contributed by atoms with Crippen LogP contribution in [0.25, 0.3) is 0 Å². The highest BCUT2D eigenvalue weighted by molar-refractivity contribution is 5.70. The van der Waals surface area contributed by atoms with Gasteiger partial charge in [0, 0.05) is 18.7 Å². The molecule has 1 fully saturated rings. The Labute approximate surface area is 131 Å². The Kier molecular flexibility index (Phi) is 6.17. The van der Waals surface area contributed by atoms with Crippen LogP contribution in [-0.2, 0) is 17.8 Å². The molecular weight excluding hydrogens is 320 g/mol. The highest BCUT2D eigenvalue weighted by atomic mass is 79.9. The van der Waals surface area contributed by atoms with Crippen molar-refractivity contribution in [2.75, 3.05) is 40.3 Å². The second-order valence-corrected chi connectivity index (χ2v) is 5.92. The van der Waals surface area contributed by atoms with E-state index in [-0.39, 0.29) is 23.4 Å². The molecule has 5 heteroatoms. The van der Waals surface area contributed by atoms with Crippen molar-refractivity contribution in [3.8, 4) is 0 Å². The third-order valence-electron chi connectivity index (χ3n) is 3.99. The summed E-state index contributed by atoms with van der Waals surface area (Å²) in [5.41, 5.74) is 2.17. The quantitative estimate of drug-likeness (QED) is 0.657. The average molecular weight is 343 g/mol. The van der Waals surface area contributed by atoms with Gasteiger partial charge < -0.3 is 26.6 Å². The van der Waals surface area contributed by atoms with Gasteiger partial charge in [0.1, 0.15) is 6.54 Å². The van der Waals surface area contributed by atoms with Crippen molar-refractivity contribution >= 4 is 5.97 Å². The van der Waals surface area contributed by atoms with Crippen LogP contribution in [0.4, 0.5) is 0 Å². The molecule has 20 heavy (non-hydrogen) atoms. The van der Waals surface area contributed by atoms with Crippen LogP contribution < -0.4 is 17.0 Å². The first kappa shape index (κ1) is 17.1. The number of benzene rings is 1. The Bertz CT molecular complexity index is 440. The highest BCUT2D eigenvalue weighted by Gasteiger charge is 2.27. The molecule has 0 aliphatic carbocycles. The van der Waals surface area contributed by atoms with E-state index in [1.807, 2.05) is 12.1 Å². The second kappa shape index (κ2) is 7.20. The van der Waals surface area contributed by atoms with Crippen molar-refractivity contribution in [1.29, 1.82) is 0 Å². The highest BCUT2D eigenvalue weighted by Crippen LogP contribution is 2.16. The molecule has 0 saturated carbocycles. The Morgan fingerprint density at radius 1 is 1.20 bits per heavy atom. The minimum atomic E-state index is -0.772. The molecule has 1 aromatic carbocycles. The van der Waals surface area contributed by atoms with Crippen LogP contribution >= 0.6 is 0 Å². The molecule has 0 unspecified atom stereocenters. The molecule has 0 spiro atoms. The monoisotopic (exact) mass is 342 g/mol. The van der Waals surface area contributed by atoms with Crippen LogP contribution in [0.3, 0.4) is 0 Å². The van der Waals surface area contributed by atoms with Crippen molar-refractivity contribution in [3.63, 3.8) is 0 Å². The molecule has 4 nitrogen and oxygen atoms in total. The van der Waals surface area contributed by atoms with E-state index >= 15 is 0 Å². The number of carbonyl (C=O) groups is 1. The molecule has 0 amide bonds. The summed E-state index contributed by atoms with van der Waals surface area (Å²) in [5, 5.41) is 8.76. The fourth-order valence-corrected chi connectivity index (χ4v) is 2.58. The summed E-state index contributed by atoms with van der Waals surface area (Å²) in [6, 6.07) is 8.01. The minimum absolute atomic E-state index is 0. The molecule has 1 aliphatic heterocycles. The predicted octanol–water partition coefficient (Wildman–Crippen LogP) is -1.79. The van der Waals surface area contributed by atoms with Gasteiger partial charge in [-0.05, 0) is 12.6 Å². The molecule has 1 saturated heterocycles. The van der Waals surface area contributed by atoms with Gasteiger partial charge in [-0.1, -0.05) is 24.3 Å². The molecular formula is C15H23BrN2O2. The molecule has 1 aliphatic rings. The summed E-state index contributed by atoms with van der Waals surface area (Å²) in [5.74, 6) is -0.772. The summed E-state index contributed by atoms with van der Waals surface area (Å²) in [6.07, 6.45) is 0.108. The molecule has 0 atom stereocenters. The minimum Gasteiger partial charge on any atom is -1.00 e. The van der Waals surface area contributed by atoms with Crippen LogP contribution in [-0.4, -0.2) is 60.7 Å². The molecule has 112 valence electrons. The molecule has 2 rings (SSSR count). The second-order valence-electron chi connectivity index (χ2n) is 5.92. The van der Waals surface area contributed by atoms with Gasteiger partial charge in [0.05, 0.1) is 26.6 Å². The standard InChI is InChI=1S/C15H22N2O2.BrH/c1-16-7-9-17(2,10-8-16)12-14-5-3-13(4-6-14)11-15(18)19;/h3-6H,7-12H2,1-2H3;1H. The number of likely N-dealkylation sites (N-methyl/N-ethyl adjacent to an activating group) is 2. The van der Waals surface area contributed by atoms with E-state index in [4.69, 9.17) is 5.11 Å². The third kappa shape index (κ3) is 4.89. The first-order valence-electron chi connectivity index (χ1n) is 6.79. The van der Waals surface area contributed by atoms with Crippen LogP contribution in [0.2, 0.25) is 0 Å². The van der Waals surface area contributed by atoms with Gasteiger partial charge in [0.15, 0.2) is 0 Å². The predicted molar refractivity (Wildman–Crippen MR) is 74.9 cm³/mol. The van der Waals surface area contributed by atoms with Crippen LogP contribution in [0, 0.1) is 0 Å². The van der Waals surface area contributed by atoms with Crippen LogP contribution in [0.15, 0.2) is 24.3 Å². The number of carboxylic acids is 1. The molecule has 0 bridgehead atoms. The zero-order valence-electron chi connectivity index (χ0n) is 12.2. The zero-order valence-corrected chi connectivity index (χ0v) is 13.8. The fourth-order valence-electron chi connectivity index (χ4n) is 2.58. The fraction of sp³-hybridized carbons (Fsp3) is 0.533. The van der Waals surface area contributed by atoms with Crippen molar-refractivity contribution in [1.82, 2.24) is 4.90 Å². The van der Waals surface area contributed by atoms with Gasteiger partial charge in [-0.15, -0.1) is 0 Å². The number of rotatable bonds is 4. The number of hydrogen-bond acceptors (Lipinski definition) is 2. The Balaban J connectivity index is 0.00000200. The van der Waals surface area contributed by atoms with Gasteiger partial charge in [-0.2, -0.15) is 0 Å². The average Bonchev–Trinajstić information content (AvgIpc) is 2.35. The van der Waals surface area contributed by atoms with Gasteiger partial charge in [-0.3, -0.25) is 9.69 Å². The number of carboxylic acid groups (broad SMARTS) is 1. The maximum Gasteiger partial charge on any atom is 0.307 e. The zero-order chi connectivity index (χ0) is 13.9. The van der Waals surface area contributed by atoms with Gasteiger partial charge in [0.25, 0.3) is 0 Å². The van der Waals surface area contributed by atoms with Crippen molar-refractivity contribution in [2.45, 2.75) is 13.0 Å². The largest absolute Gasteiger partial charge is 1.00 e. The van der Waals surface area contributed by atoms with Gasteiger partial charge in [-0.25, -0.2) is 0 Å². The lowest BCUT2D eigenvalue weighted by Gasteiger charge is -2.41. The van der Waals surface area contributed by atoms with Crippen LogP contribution in [0.1, 0.15) is 11.1 Å². The molecule has 0 aromatic heterocycles. The number of halogens is 1. The Morgan fingerprint density at radius 2 is 1.70 bits per heavy atom. The van der Waals surface area contributed by atoms with Gasteiger partial charge in [0.2, 0.25) is 0 Å². The lowest BCUT2D eigenvalue weighted by molar-refractivity contribution is -0.926. The smallest absolute Gasteiger partial charge is 0.307 e. The van der Waals surface area contributed by atoms with Gasteiger partial charge >= 0.3 is 5.97 Å². The van der Waals surface area contributed by atoms with Crippen molar-refractivity contribution in [2.24, 2.45) is 0 Å². The van der Waals surface area contributed by atoms with E-state index in [0.29, 0.717) is 0 Å². The number of aliphatic carboxylic acids is 1. The first-order valence-corrected chi connectivity index (χ1v) is 6.79. The summed E-state index contributed by atoms with van der Waals surface area (Å²) >= 11 is 0. The van der Waals surface area contributed by atoms with E-state index in [0.717, 1.165) is 29.7 Å². The summed E-state index contributed by atoms with van der Waals surface area (Å²) in [6.45, 7) is 5.67. The Morgan fingerprint density at radius 3 is 2.20 bits per heavy atom. The van der Waals surface area contributed by atoms with E-state index < -0.39 is 5.97 Å². The maximum absolute atomic E-state index is 10.6. The number of nitrogens with zero attached hydrogens (tertiary/aromatic N) is 2. The lowest BCUT2D eigenvalue weighted by Crippen LogP contribution is -3.00.